The molecule has 12 rings (SSSR count). The molecule has 1 spiro atoms. The van der Waals surface area contributed by atoms with Crippen LogP contribution in [0.4, 0.5) is 0 Å². The molecule has 61 heavy (non-hydrogen) atoms. The molecular weight excluding hydrogens is 733 g/mol. The lowest BCUT2D eigenvalue weighted by Crippen LogP contribution is -2.27. The molecule has 0 nitrogen and oxygen atoms in total. The van der Waals surface area contributed by atoms with Gasteiger partial charge >= 0.3 is 0 Å². The lowest BCUT2D eigenvalue weighted by atomic mass is 9.68. The quantitative estimate of drug-likeness (QED) is 0.153. The molecule has 0 N–H and O–H groups in total. The molecule has 1 unspecified atom stereocenters. The Hall–Kier alpha value is -7.02. The Labute approximate surface area is 359 Å². The molecule has 0 bridgehead atoms. The van der Waals surface area contributed by atoms with Crippen molar-refractivity contribution >= 4 is 0 Å². The summed E-state index contributed by atoms with van der Waals surface area (Å²) in [6, 6.07) is 76.1. The van der Waals surface area contributed by atoms with Gasteiger partial charge in [0.2, 0.25) is 0 Å². The summed E-state index contributed by atoms with van der Waals surface area (Å²) in [6.45, 7) is 9.25. The molecule has 0 radical (unpaired) electrons. The topological polar surface area (TPSA) is 0 Å². The largest absolute Gasteiger partial charge is 0.0731 e. The van der Waals surface area contributed by atoms with Gasteiger partial charge in [0.15, 0.2) is 0 Å². The van der Waals surface area contributed by atoms with Crippen molar-refractivity contribution in [1.82, 2.24) is 0 Å². The molecule has 1 atom stereocenters. The van der Waals surface area contributed by atoms with Gasteiger partial charge in [0.25, 0.3) is 0 Å². The number of aryl methyl sites for hydroxylation is 2. The third-order valence-corrected chi connectivity index (χ3v) is 14.4. The maximum absolute atomic E-state index is 2.51. The molecule has 9 aromatic rings. The molecule has 290 valence electrons. The molecule has 0 aliphatic heterocycles. The van der Waals surface area contributed by atoms with E-state index in [1.165, 1.54) is 117 Å². The van der Waals surface area contributed by atoms with Crippen molar-refractivity contribution in [2.45, 2.75) is 44.4 Å². The lowest BCUT2D eigenvalue weighted by Gasteiger charge is -2.32. The molecule has 0 amide bonds. The van der Waals surface area contributed by atoms with Crippen LogP contribution in [-0.2, 0) is 10.8 Å². The molecule has 0 saturated heterocycles. The summed E-state index contributed by atoms with van der Waals surface area (Å²) in [5.41, 5.74) is 27.4. The van der Waals surface area contributed by atoms with Gasteiger partial charge in [-0.3, -0.25) is 0 Å². The average Bonchev–Trinajstić information content (AvgIpc) is 3.85. The van der Waals surface area contributed by atoms with Crippen LogP contribution in [0.25, 0.3) is 55.6 Å². The Balaban J connectivity index is 1.06. The van der Waals surface area contributed by atoms with Gasteiger partial charge in [0.1, 0.15) is 0 Å². The SMILES string of the molecule is Cc1ccc2c(c1)C1(c3cc(C)ccc3-2)c2ccccc2-c2cccc(-c3ccc(C(c4ccc5c(c4)C(C)(C)c4ccccc4-5)c4ccccc4-c4ccccc4)cc3)c21. The zero-order valence-corrected chi connectivity index (χ0v) is 35.1. The Kier molecular flexibility index (Phi) is 7.79. The number of hydrogen-bond donors (Lipinski definition) is 0. The maximum Gasteiger partial charge on any atom is 0.0731 e. The first-order valence-electron chi connectivity index (χ1n) is 21.8. The number of rotatable bonds is 5. The van der Waals surface area contributed by atoms with Crippen LogP contribution < -0.4 is 0 Å². The first-order valence-corrected chi connectivity index (χ1v) is 21.8. The van der Waals surface area contributed by atoms with Gasteiger partial charge in [-0.05, 0) is 120 Å². The minimum atomic E-state index is -0.421. The monoisotopic (exact) mass is 778 g/mol. The van der Waals surface area contributed by atoms with Gasteiger partial charge in [-0.15, -0.1) is 0 Å². The molecule has 0 saturated carbocycles. The molecular formula is C61H46. The molecule has 9 aromatic carbocycles. The van der Waals surface area contributed by atoms with Crippen LogP contribution in [0.3, 0.4) is 0 Å². The number of benzene rings is 9. The zero-order chi connectivity index (χ0) is 41.0. The van der Waals surface area contributed by atoms with E-state index in [2.05, 4.69) is 228 Å². The number of hydrogen-bond acceptors (Lipinski definition) is 0. The smallest absolute Gasteiger partial charge is 0.0622 e. The first-order chi connectivity index (χ1) is 29.8. The second kappa shape index (κ2) is 13.2. The van der Waals surface area contributed by atoms with Crippen molar-refractivity contribution in [3.05, 3.63) is 261 Å². The van der Waals surface area contributed by atoms with Gasteiger partial charge in [0.05, 0.1) is 5.41 Å². The normalized spacial score (nSPS) is 14.8. The van der Waals surface area contributed by atoms with Crippen LogP contribution in [-0.4, -0.2) is 0 Å². The van der Waals surface area contributed by atoms with Crippen LogP contribution >= 0.6 is 0 Å². The molecule has 3 aliphatic rings. The first kappa shape index (κ1) is 35.9. The van der Waals surface area contributed by atoms with Gasteiger partial charge in [-0.25, -0.2) is 0 Å². The van der Waals surface area contributed by atoms with E-state index < -0.39 is 5.41 Å². The Bertz CT molecular complexity index is 3180. The van der Waals surface area contributed by atoms with Crippen LogP contribution in [0.2, 0.25) is 0 Å². The highest BCUT2D eigenvalue weighted by atomic mass is 14.5. The van der Waals surface area contributed by atoms with Crippen LogP contribution in [0, 0.1) is 13.8 Å². The predicted molar refractivity (Wildman–Crippen MR) is 254 cm³/mol. The van der Waals surface area contributed by atoms with E-state index in [9.17, 15) is 0 Å². The molecule has 0 fully saturated rings. The van der Waals surface area contributed by atoms with Crippen LogP contribution in [0.5, 0.6) is 0 Å². The summed E-state index contributed by atoms with van der Waals surface area (Å²) >= 11 is 0. The fourth-order valence-electron chi connectivity index (χ4n) is 11.6. The van der Waals surface area contributed by atoms with Crippen molar-refractivity contribution in [2.24, 2.45) is 0 Å². The van der Waals surface area contributed by atoms with Crippen LogP contribution in [0.1, 0.15) is 81.0 Å². The fraction of sp³-hybridized carbons (Fsp3) is 0.115. The number of fused-ring (bicyclic) bond motifs is 13. The van der Waals surface area contributed by atoms with Crippen molar-refractivity contribution in [3.63, 3.8) is 0 Å². The highest BCUT2D eigenvalue weighted by Crippen LogP contribution is 2.64. The second-order valence-corrected chi connectivity index (χ2v) is 18.1. The van der Waals surface area contributed by atoms with E-state index in [0.717, 1.165) is 0 Å². The Morgan fingerprint density at radius 1 is 0.328 bits per heavy atom. The van der Waals surface area contributed by atoms with E-state index >= 15 is 0 Å². The molecule has 0 heterocycles. The minimum absolute atomic E-state index is 0.0203. The highest BCUT2D eigenvalue weighted by Gasteiger charge is 2.53. The third kappa shape index (κ3) is 5.06. The van der Waals surface area contributed by atoms with E-state index in [4.69, 9.17) is 0 Å². The maximum atomic E-state index is 2.51. The summed E-state index contributed by atoms with van der Waals surface area (Å²) in [4.78, 5) is 0. The van der Waals surface area contributed by atoms with Crippen molar-refractivity contribution < 1.29 is 0 Å². The summed E-state index contributed by atoms with van der Waals surface area (Å²) in [6.07, 6.45) is 0. The highest BCUT2D eigenvalue weighted by molar-refractivity contribution is 5.99. The van der Waals surface area contributed by atoms with Crippen molar-refractivity contribution in [2.75, 3.05) is 0 Å². The standard InChI is InChI=1S/C61H46/c1-38-25-32-49-50-33-26-39(2)36-57(50)61(56(49)35-38)54-24-13-11-19-47(54)52-22-14-21-45(59(52)61)41-27-29-42(30-28-41)58(51-20-9-8-17-44(51)40-15-6-5-7-16-40)43-31-34-48-46-18-10-12-23-53(46)60(3,4)55(48)37-43/h5-37,58H,1-4H3. The third-order valence-electron chi connectivity index (χ3n) is 14.4. The molecule has 3 aliphatic carbocycles. The Morgan fingerprint density at radius 3 is 1.52 bits per heavy atom. The fourth-order valence-corrected chi connectivity index (χ4v) is 11.6. The van der Waals surface area contributed by atoms with Crippen molar-refractivity contribution in [3.8, 4) is 55.6 Å². The van der Waals surface area contributed by atoms with Gasteiger partial charge in [-0.1, -0.05) is 225 Å². The summed E-state index contributed by atoms with van der Waals surface area (Å²) in [5, 5.41) is 0. The summed E-state index contributed by atoms with van der Waals surface area (Å²) in [7, 11) is 0. The van der Waals surface area contributed by atoms with E-state index in [-0.39, 0.29) is 11.3 Å². The molecule has 0 aromatic heterocycles. The predicted octanol–water partition coefficient (Wildman–Crippen LogP) is 15.5. The van der Waals surface area contributed by atoms with E-state index in [0.29, 0.717) is 0 Å². The van der Waals surface area contributed by atoms with Crippen molar-refractivity contribution in [1.29, 1.82) is 0 Å². The van der Waals surface area contributed by atoms with Crippen LogP contribution in [0.15, 0.2) is 200 Å². The summed E-state index contributed by atoms with van der Waals surface area (Å²) in [5.74, 6) is 0.0203. The lowest BCUT2D eigenvalue weighted by molar-refractivity contribution is 0.659. The average molecular weight is 779 g/mol. The zero-order valence-electron chi connectivity index (χ0n) is 35.1. The van der Waals surface area contributed by atoms with E-state index in [1.54, 1.807) is 0 Å². The van der Waals surface area contributed by atoms with Gasteiger partial charge in [-0.2, -0.15) is 0 Å². The van der Waals surface area contributed by atoms with Gasteiger partial charge < -0.3 is 0 Å². The summed E-state index contributed by atoms with van der Waals surface area (Å²) < 4.78 is 0. The minimum Gasteiger partial charge on any atom is -0.0622 e. The molecule has 0 heteroatoms. The Morgan fingerprint density at radius 2 is 0.820 bits per heavy atom. The second-order valence-electron chi connectivity index (χ2n) is 18.1. The van der Waals surface area contributed by atoms with Gasteiger partial charge in [0, 0.05) is 11.3 Å². The van der Waals surface area contributed by atoms with E-state index in [1.807, 2.05) is 0 Å².